The molecule has 22 heavy (non-hydrogen) atoms. The third-order valence-corrected chi connectivity index (χ3v) is 3.59. The summed E-state index contributed by atoms with van der Waals surface area (Å²) in [5.74, 6) is -0.950. The van der Waals surface area contributed by atoms with Crippen LogP contribution in [0.3, 0.4) is 0 Å². The van der Waals surface area contributed by atoms with E-state index in [4.69, 9.17) is 0 Å². The van der Waals surface area contributed by atoms with Crippen LogP contribution in [0.25, 0.3) is 0 Å². The second kappa shape index (κ2) is 5.47. The summed E-state index contributed by atoms with van der Waals surface area (Å²) in [4.78, 5) is 39.2. The third kappa shape index (κ3) is 2.50. The van der Waals surface area contributed by atoms with Gasteiger partial charge >= 0.3 is 5.69 Å². The fourth-order valence-electron chi connectivity index (χ4n) is 2.51. The number of hydrogen-bond donors (Lipinski definition) is 3. The van der Waals surface area contributed by atoms with Gasteiger partial charge in [0.25, 0.3) is 5.91 Å². The van der Waals surface area contributed by atoms with E-state index in [2.05, 4.69) is 20.5 Å². The highest BCUT2D eigenvalue weighted by Gasteiger charge is 2.29. The molecule has 1 aromatic carbocycles. The first-order valence-electron chi connectivity index (χ1n) is 6.91. The van der Waals surface area contributed by atoms with Gasteiger partial charge in [0.1, 0.15) is 6.04 Å². The molecule has 3 N–H and O–H groups in total. The van der Waals surface area contributed by atoms with Crippen molar-refractivity contribution < 1.29 is 9.59 Å². The topological polar surface area (TPSA) is 111 Å². The van der Waals surface area contributed by atoms with Gasteiger partial charge in [-0.15, -0.1) is 5.10 Å². The smallest absolute Gasteiger partial charge is 0.338 e. The molecule has 0 spiro atoms. The fourth-order valence-corrected chi connectivity index (χ4v) is 2.51. The summed E-state index contributed by atoms with van der Waals surface area (Å²) in [5.41, 5.74) is 1.42. The molecule has 2 aromatic rings. The predicted molar refractivity (Wildman–Crippen MR) is 78.6 cm³/mol. The molecule has 114 valence electrons. The molecule has 0 saturated carbocycles. The van der Waals surface area contributed by atoms with Crippen LogP contribution in [0.5, 0.6) is 0 Å². The summed E-state index contributed by atoms with van der Waals surface area (Å²) in [6.45, 7) is 2.20. The van der Waals surface area contributed by atoms with Crippen molar-refractivity contribution in [2.24, 2.45) is 0 Å². The zero-order valence-corrected chi connectivity index (χ0v) is 11.9. The van der Waals surface area contributed by atoms with E-state index in [0.717, 1.165) is 17.7 Å². The second-order valence-corrected chi connectivity index (χ2v) is 5.09. The summed E-state index contributed by atoms with van der Waals surface area (Å²) in [6, 6.07) is 6.97. The summed E-state index contributed by atoms with van der Waals surface area (Å²) in [6.07, 6.45) is 0.801. The van der Waals surface area contributed by atoms with E-state index in [1.165, 1.54) is 0 Å². The number of para-hydroxylation sites is 1. The highest BCUT2D eigenvalue weighted by molar-refractivity contribution is 6.02. The highest BCUT2D eigenvalue weighted by Crippen LogP contribution is 2.27. The molecule has 0 fully saturated rings. The lowest BCUT2D eigenvalue weighted by Crippen LogP contribution is -2.46. The molecule has 1 aromatic heterocycles. The Morgan fingerprint density at radius 1 is 1.36 bits per heavy atom. The van der Waals surface area contributed by atoms with Gasteiger partial charge < -0.3 is 10.2 Å². The maximum absolute atomic E-state index is 12.5. The molecular weight excluding hydrogens is 286 g/mol. The Morgan fingerprint density at radius 3 is 2.86 bits per heavy atom. The Hall–Kier alpha value is -2.90. The Morgan fingerprint density at radius 2 is 2.14 bits per heavy atom. The lowest BCUT2D eigenvalue weighted by atomic mass is 10.2. The standard InChI is InChI=1S/C14H15N5O3/c1-8(15-12(20)11-16-14(22)18-17-11)13(21)19-7-6-9-4-2-3-5-10(9)19/h2-5,8H,6-7H2,1H3,(H,15,20)(H2,16,17,18,22). The van der Waals surface area contributed by atoms with Crippen molar-refractivity contribution >= 4 is 17.5 Å². The van der Waals surface area contributed by atoms with Crippen molar-refractivity contribution in [3.8, 4) is 0 Å². The number of carbonyl (C=O) groups excluding carboxylic acids is 2. The number of anilines is 1. The number of H-pyrrole nitrogens is 2. The molecule has 8 nitrogen and oxygen atoms in total. The van der Waals surface area contributed by atoms with Gasteiger partial charge in [0, 0.05) is 12.2 Å². The number of fused-ring (bicyclic) bond motifs is 1. The van der Waals surface area contributed by atoms with Crippen LogP contribution in [0.2, 0.25) is 0 Å². The summed E-state index contributed by atoms with van der Waals surface area (Å²) in [5, 5.41) is 8.17. The maximum atomic E-state index is 12.5. The fraction of sp³-hybridized carbons (Fsp3) is 0.286. The molecule has 1 unspecified atom stereocenters. The van der Waals surface area contributed by atoms with Gasteiger partial charge in [0.05, 0.1) is 0 Å². The van der Waals surface area contributed by atoms with E-state index in [9.17, 15) is 14.4 Å². The van der Waals surface area contributed by atoms with E-state index in [-0.39, 0.29) is 11.7 Å². The lowest BCUT2D eigenvalue weighted by Gasteiger charge is -2.22. The largest absolute Gasteiger partial charge is 0.341 e. The highest BCUT2D eigenvalue weighted by atomic mass is 16.2. The number of aromatic nitrogens is 3. The average molecular weight is 301 g/mol. The van der Waals surface area contributed by atoms with Crippen LogP contribution in [0.4, 0.5) is 5.69 Å². The molecule has 1 aliphatic rings. The number of nitrogens with zero attached hydrogens (tertiary/aromatic N) is 2. The first-order chi connectivity index (χ1) is 10.6. The minimum atomic E-state index is -0.723. The third-order valence-electron chi connectivity index (χ3n) is 3.59. The van der Waals surface area contributed by atoms with Gasteiger partial charge in [0.2, 0.25) is 11.7 Å². The van der Waals surface area contributed by atoms with E-state index in [0.29, 0.717) is 6.54 Å². The molecule has 0 radical (unpaired) electrons. The number of rotatable bonds is 3. The van der Waals surface area contributed by atoms with Crippen molar-refractivity contribution in [1.29, 1.82) is 0 Å². The van der Waals surface area contributed by atoms with Crippen molar-refractivity contribution in [1.82, 2.24) is 20.5 Å². The lowest BCUT2D eigenvalue weighted by molar-refractivity contribution is -0.119. The zero-order valence-electron chi connectivity index (χ0n) is 11.9. The molecule has 8 heteroatoms. The van der Waals surface area contributed by atoms with E-state index < -0.39 is 17.6 Å². The van der Waals surface area contributed by atoms with Crippen LogP contribution >= 0.6 is 0 Å². The Balaban J connectivity index is 1.70. The van der Waals surface area contributed by atoms with Crippen LogP contribution in [-0.4, -0.2) is 39.6 Å². The van der Waals surface area contributed by atoms with Gasteiger partial charge in [-0.05, 0) is 25.0 Å². The number of amides is 2. The van der Waals surface area contributed by atoms with Gasteiger partial charge in [-0.3, -0.25) is 14.6 Å². The molecule has 0 saturated heterocycles. The van der Waals surface area contributed by atoms with Gasteiger partial charge in [-0.1, -0.05) is 18.2 Å². The molecule has 2 amide bonds. The second-order valence-electron chi connectivity index (χ2n) is 5.09. The molecule has 1 atom stereocenters. The first kappa shape index (κ1) is 14.1. The normalized spacial score (nSPS) is 14.5. The number of benzene rings is 1. The van der Waals surface area contributed by atoms with E-state index in [1.54, 1.807) is 11.8 Å². The molecular formula is C14H15N5O3. The SMILES string of the molecule is CC(NC(=O)c1n[nH]c(=O)[nH]1)C(=O)N1CCc2ccccc21. The van der Waals surface area contributed by atoms with Gasteiger partial charge in [-0.25, -0.2) is 9.89 Å². The minimum absolute atomic E-state index is 0.147. The predicted octanol–water partition coefficient (Wildman–Crippen LogP) is -0.194. The summed E-state index contributed by atoms with van der Waals surface area (Å²) in [7, 11) is 0. The number of aromatic amines is 2. The number of hydrogen-bond acceptors (Lipinski definition) is 4. The Bertz CT molecular complexity index is 779. The Labute approximate surface area is 125 Å². The molecule has 3 rings (SSSR count). The summed E-state index contributed by atoms with van der Waals surface area (Å²) >= 11 is 0. The average Bonchev–Trinajstić information content (AvgIpc) is 3.12. The maximum Gasteiger partial charge on any atom is 0.341 e. The summed E-state index contributed by atoms with van der Waals surface area (Å²) < 4.78 is 0. The molecule has 0 aliphatic carbocycles. The van der Waals surface area contributed by atoms with Crippen LogP contribution < -0.4 is 15.9 Å². The molecule has 2 heterocycles. The van der Waals surface area contributed by atoms with Crippen molar-refractivity contribution in [3.05, 3.63) is 46.1 Å². The van der Waals surface area contributed by atoms with Crippen molar-refractivity contribution in [3.63, 3.8) is 0 Å². The quantitative estimate of drug-likeness (QED) is 0.729. The van der Waals surface area contributed by atoms with E-state index in [1.807, 2.05) is 24.3 Å². The number of carbonyl (C=O) groups is 2. The van der Waals surface area contributed by atoms with Crippen LogP contribution in [0.15, 0.2) is 29.1 Å². The zero-order chi connectivity index (χ0) is 15.7. The van der Waals surface area contributed by atoms with Gasteiger partial charge in [0.15, 0.2) is 0 Å². The first-order valence-corrected chi connectivity index (χ1v) is 6.91. The molecule has 1 aliphatic heterocycles. The Kier molecular flexibility index (Phi) is 3.50. The van der Waals surface area contributed by atoms with Crippen LogP contribution in [0.1, 0.15) is 23.1 Å². The van der Waals surface area contributed by atoms with Crippen LogP contribution in [-0.2, 0) is 11.2 Å². The minimum Gasteiger partial charge on any atom is -0.338 e. The van der Waals surface area contributed by atoms with Crippen molar-refractivity contribution in [2.45, 2.75) is 19.4 Å². The monoisotopic (exact) mass is 301 g/mol. The number of nitrogens with one attached hydrogen (secondary N) is 3. The van der Waals surface area contributed by atoms with Gasteiger partial charge in [-0.2, -0.15) is 0 Å². The molecule has 0 bridgehead atoms. The van der Waals surface area contributed by atoms with E-state index >= 15 is 0 Å². The van der Waals surface area contributed by atoms with Crippen molar-refractivity contribution in [2.75, 3.05) is 11.4 Å². The van der Waals surface area contributed by atoms with Crippen LogP contribution in [0, 0.1) is 0 Å².